The average molecular weight is 376 g/mol. The number of rotatable bonds is 11. The van der Waals surface area contributed by atoms with Crippen LogP contribution in [-0.4, -0.2) is 19.0 Å². The molecule has 0 aliphatic heterocycles. The molecule has 2 rings (SSSR count). The summed E-state index contributed by atoms with van der Waals surface area (Å²) in [5, 5.41) is 0. The second kappa shape index (κ2) is 11.9. The maximum Gasteiger partial charge on any atom is 0.202 e. The molecule has 0 fully saturated rings. The molecule has 0 saturated carbocycles. The number of allylic oxidation sites excluding steroid dienone is 1. The van der Waals surface area contributed by atoms with Gasteiger partial charge in [-0.15, -0.1) is 6.58 Å². The third kappa shape index (κ3) is 7.92. The summed E-state index contributed by atoms with van der Waals surface area (Å²) in [7, 11) is 0. The summed E-state index contributed by atoms with van der Waals surface area (Å²) < 4.78 is 12.0. The van der Waals surface area contributed by atoms with Gasteiger partial charge < -0.3 is 9.47 Å². The van der Waals surface area contributed by atoms with Crippen molar-refractivity contribution in [3.05, 3.63) is 84.4 Å². The highest BCUT2D eigenvalue weighted by atomic mass is 16.5. The van der Waals surface area contributed by atoms with Crippen molar-refractivity contribution < 1.29 is 14.3 Å². The molecule has 0 heterocycles. The Kier molecular flexibility index (Phi) is 9.21. The Labute approximate surface area is 168 Å². The van der Waals surface area contributed by atoms with Crippen LogP contribution >= 0.6 is 0 Å². The molecule has 28 heavy (non-hydrogen) atoms. The van der Waals surface area contributed by atoms with E-state index in [0.717, 1.165) is 11.1 Å². The number of hydrogen-bond acceptors (Lipinski definition) is 3. The number of carbonyl (C=O) groups is 1. The zero-order valence-electron chi connectivity index (χ0n) is 16.5. The highest BCUT2D eigenvalue weighted by Crippen LogP contribution is 2.29. The van der Waals surface area contributed by atoms with E-state index >= 15 is 0 Å². The van der Waals surface area contributed by atoms with Crippen LogP contribution in [0.2, 0.25) is 0 Å². The molecule has 146 valence electrons. The number of carbonyl (C=O) groups excluding carboxylic acids is 1. The molecule has 0 bridgehead atoms. The first-order valence-electron chi connectivity index (χ1n) is 9.47. The summed E-state index contributed by atoms with van der Waals surface area (Å²) in [6.07, 6.45) is 3.08. The summed E-state index contributed by atoms with van der Waals surface area (Å²) >= 11 is 0. The number of ketones is 1. The minimum Gasteiger partial charge on any atom is -0.376 e. The van der Waals surface area contributed by atoms with Crippen LogP contribution in [0.5, 0.6) is 0 Å². The molecule has 0 saturated heterocycles. The molecule has 0 spiro atoms. The van der Waals surface area contributed by atoms with Crippen LogP contribution in [0.4, 0.5) is 0 Å². The van der Waals surface area contributed by atoms with Crippen molar-refractivity contribution in [2.24, 2.45) is 5.41 Å². The van der Waals surface area contributed by atoms with Gasteiger partial charge >= 0.3 is 0 Å². The van der Waals surface area contributed by atoms with E-state index in [9.17, 15) is 4.79 Å². The van der Waals surface area contributed by atoms with Crippen molar-refractivity contribution >= 4 is 5.78 Å². The van der Waals surface area contributed by atoms with E-state index in [1.807, 2.05) is 66.7 Å². The first-order chi connectivity index (χ1) is 13.6. The lowest BCUT2D eigenvalue weighted by atomic mass is 9.82. The SMILES string of the molecule is C=CCC(CC#CC(C)=O)(COCc1ccccc1)COCc1ccccc1. The number of ether oxygens (including phenoxy) is 2. The van der Waals surface area contributed by atoms with Gasteiger partial charge in [0.2, 0.25) is 5.78 Å². The number of Topliss-reactive ketones (excluding diaryl/α,β-unsaturated/α-hetero) is 1. The van der Waals surface area contributed by atoms with Gasteiger partial charge in [-0.1, -0.05) is 72.7 Å². The molecule has 0 unspecified atom stereocenters. The summed E-state index contributed by atoms with van der Waals surface area (Å²) in [5.41, 5.74) is 1.90. The van der Waals surface area contributed by atoms with Crippen LogP contribution in [0.3, 0.4) is 0 Å². The van der Waals surface area contributed by atoms with E-state index in [0.29, 0.717) is 39.3 Å². The van der Waals surface area contributed by atoms with Crippen LogP contribution in [0.25, 0.3) is 0 Å². The van der Waals surface area contributed by atoms with E-state index in [1.54, 1.807) is 0 Å². The van der Waals surface area contributed by atoms with Gasteiger partial charge in [-0.25, -0.2) is 0 Å². The van der Waals surface area contributed by atoms with Crippen molar-refractivity contribution in [1.29, 1.82) is 0 Å². The third-order valence-electron chi connectivity index (χ3n) is 4.34. The summed E-state index contributed by atoms with van der Waals surface area (Å²) in [6, 6.07) is 20.1. The summed E-state index contributed by atoms with van der Waals surface area (Å²) in [6.45, 7) is 7.38. The van der Waals surface area contributed by atoms with Crippen molar-refractivity contribution in [1.82, 2.24) is 0 Å². The highest BCUT2D eigenvalue weighted by molar-refractivity contribution is 5.93. The molecule has 0 N–H and O–H groups in total. The van der Waals surface area contributed by atoms with Gasteiger partial charge in [0.05, 0.1) is 26.4 Å². The molecule has 0 atom stereocenters. The van der Waals surface area contributed by atoms with Gasteiger partial charge in [0, 0.05) is 18.8 Å². The molecule has 0 aromatic heterocycles. The third-order valence-corrected chi connectivity index (χ3v) is 4.34. The van der Waals surface area contributed by atoms with Crippen molar-refractivity contribution in [2.45, 2.75) is 33.0 Å². The van der Waals surface area contributed by atoms with Gasteiger partial charge in [0.1, 0.15) is 0 Å². The van der Waals surface area contributed by atoms with Gasteiger partial charge in [-0.05, 0) is 23.5 Å². The predicted molar refractivity (Wildman–Crippen MR) is 113 cm³/mol. The summed E-state index contributed by atoms with van der Waals surface area (Å²) in [5.74, 6) is 5.51. The zero-order valence-corrected chi connectivity index (χ0v) is 16.5. The van der Waals surface area contributed by atoms with Crippen LogP contribution in [0.1, 0.15) is 30.9 Å². The van der Waals surface area contributed by atoms with Gasteiger partial charge in [-0.2, -0.15) is 0 Å². The second-order valence-corrected chi connectivity index (χ2v) is 6.98. The van der Waals surface area contributed by atoms with E-state index in [4.69, 9.17) is 9.47 Å². The van der Waals surface area contributed by atoms with Gasteiger partial charge in [0.15, 0.2) is 0 Å². The largest absolute Gasteiger partial charge is 0.376 e. The van der Waals surface area contributed by atoms with Crippen LogP contribution in [-0.2, 0) is 27.5 Å². The summed E-state index contributed by atoms with van der Waals surface area (Å²) in [4.78, 5) is 11.2. The zero-order chi connectivity index (χ0) is 20.1. The Hall–Kier alpha value is -2.67. The molecule has 0 aliphatic carbocycles. The predicted octanol–water partition coefficient (Wildman–Crippen LogP) is 4.97. The minimum absolute atomic E-state index is 0.136. The van der Waals surface area contributed by atoms with Crippen molar-refractivity contribution in [2.75, 3.05) is 13.2 Å². The second-order valence-electron chi connectivity index (χ2n) is 6.98. The maximum absolute atomic E-state index is 11.2. The Balaban J connectivity index is 2.03. The minimum atomic E-state index is -0.340. The Morgan fingerprint density at radius 1 is 0.964 bits per heavy atom. The van der Waals surface area contributed by atoms with E-state index < -0.39 is 0 Å². The smallest absolute Gasteiger partial charge is 0.202 e. The first-order valence-corrected chi connectivity index (χ1v) is 9.47. The highest BCUT2D eigenvalue weighted by Gasteiger charge is 2.29. The van der Waals surface area contributed by atoms with Gasteiger partial charge in [-0.3, -0.25) is 4.79 Å². The lowest BCUT2D eigenvalue weighted by molar-refractivity contribution is -0.111. The number of benzene rings is 2. The Morgan fingerprint density at radius 3 is 1.89 bits per heavy atom. The molecule has 3 heteroatoms. The first kappa shape index (κ1) is 21.6. The molecular formula is C25H28O3. The van der Waals surface area contributed by atoms with Crippen LogP contribution in [0, 0.1) is 17.3 Å². The molecule has 0 radical (unpaired) electrons. The molecule has 0 aliphatic rings. The van der Waals surface area contributed by atoms with Crippen LogP contribution in [0.15, 0.2) is 73.3 Å². The topological polar surface area (TPSA) is 35.5 Å². The average Bonchev–Trinajstić information content (AvgIpc) is 2.69. The fourth-order valence-electron chi connectivity index (χ4n) is 2.92. The van der Waals surface area contributed by atoms with E-state index in [1.165, 1.54) is 6.92 Å². The Morgan fingerprint density at radius 2 is 1.46 bits per heavy atom. The molecule has 2 aromatic carbocycles. The maximum atomic E-state index is 11.2. The fraction of sp³-hybridized carbons (Fsp3) is 0.320. The lowest BCUT2D eigenvalue weighted by Crippen LogP contribution is -2.32. The molecule has 2 aromatic rings. The van der Waals surface area contributed by atoms with E-state index in [2.05, 4.69) is 18.4 Å². The van der Waals surface area contributed by atoms with Crippen LogP contribution < -0.4 is 0 Å². The molecule has 0 amide bonds. The Bertz CT molecular complexity index is 739. The standard InChI is InChI=1S/C25H28O3/c1-3-16-25(17-10-11-22(2)26,20-27-18-23-12-6-4-7-13-23)21-28-19-24-14-8-5-9-15-24/h3-9,12-15H,1,16-21H2,2H3. The molecule has 3 nitrogen and oxygen atoms in total. The van der Waals surface area contributed by atoms with Crippen molar-refractivity contribution in [3.63, 3.8) is 0 Å². The fourth-order valence-corrected chi connectivity index (χ4v) is 2.92. The number of hydrogen-bond donors (Lipinski definition) is 0. The molecular weight excluding hydrogens is 348 g/mol. The van der Waals surface area contributed by atoms with Crippen molar-refractivity contribution in [3.8, 4) is 11.8 Å². The van der Waals surface area contributed by atoms with E-state index in [-0.39, 0.29) is 11.2 Å². The quantitative estimate of drug-likeness (QED) is 0.316. The van der Waals surface area contributed by atoms with Gasteiger partial charge in [0.25, 0.3) is 0 Å². The lowest BCUT2D eigenvalue weighted by Gasteiger charge is -2.31. The monoisotopic (exact) mass is 376 g/mol. The normalized spacial score (nSPS) is 10.8.